The maximum absolute atomic E-state index is 12.8. The average Bonchev–Trinajstić information content (AvgIpc) is 3.12. The number of aryl methyl sites for hydroxylation is 1. The summed E-state index contributed by atoms with van der Waals surface area (Å²) in [5.41, 5.74) is 3.13. The molecule has 1 atom stereocenters. The van der Waals surface area contributed by atoms with E-state index < -0.39 is 22.7 Å². The number of nitrogens with zero attached hydrogens (tertiary/aromatic N) is 4. The third kappa shape index (κ3) is 4.12. The summed E-state index contributed by atoms with van der Waals surface area (Å²) in [6.07, 6.45) is 7.88. The van der Waals surface area contributed by atoms with Crippen LogP contribution in [0.1, 0.15) is 56.2 Å². The zero-order chi connectivity index (χ0) is 22.9. The maximum atomic E-state index is 12.8. The molecule has 0 unspecified atom stereocenters. The van der Waals surface area contributed by atoms with Crippen molar-refractivity contribution in [1.82, 2.24) is 19.3 Å². The first-order valence-electron chi connectivity index (χ1n) is 10.8. The Morgan fingerprint density at radius 1 is 1.25 bits per heavy atom. The van der Waals surface area contributed by atoms with Crippen LogP contribution in [0.5, 0.6) is 0 Å². The summed E-state index contributed by atoms with van der Waals surface area (Å²) in [5.74, 6) is 0.304. The van der Waals surface area contributed by atoms with Crippen molar-refractivity contribution in [3.05, 3.63) is 41.7 Å². The molecule has 0 saturated heterocycles. The van der Waals surface area contributed by atoms with Gasteiger partial charge in [0.05, 0.1) is 23.5 Å². The van der Waals surface area contributed by atoms with E-state index in [0.29, 0.717) is 17.1 Å². The number of aromatic nitrogens is 3. The minimum atomic E-state index is -3.93. The molecule has 0 aliphatic heterocycles. The molecule has 0 spiro atoms. The van der Waals surface area contributed by atoms with Crippen LogP contribution in [-0.4, -0.2) is 35.7 Å². The van der Waals surface area contributed by atoms with E-state index in [1.165, 1.54) is 25.7 Å². The number of rotatable bonds is 6. The zero-order valence-electron chi connectivity index (χ0n) is 18.2. The standard InChI is InChI=1S/C23H26FN5O2S/c1-15-8-9-21-19(10-15)20(12-25)22(29(21)17-6-4-3-5-7-17)23-26-13-18(14-27-23)32(30,31)28-16(2)11-24/h8-10,13-14,16-17,28H,3-7,11H2,1-2H3/t16-/m0/s1. The van der Waals surface area contributed by atoms with Crippen molar-refractivity contribution < 1.29 is 12.8 Å². The van der Waals surface area contributed by atoms with Gasteiger partial charge < -0.3 is 4.57 Å². The fraction of sp³-hybridized carbons (Fsp3) is 0.435. The molecule has 1 aliphatic carbocycles. The Balaban J connectivity index is 1.86. The van der Waals surface area contributed by atoms with Crippen LogP contribution in [-0.2, 0) is 10.0 Å². The number of sulfonamides is 1. The molecule has 1 aromatic carbocycles. The number of nitriles is 1. The highest BCUT2D eigenvalue weighted by atomic mass is 32.2. The van der Waals surface area contributed by atoms with Crippen molar-refractivity contribution in [3.8, 4) is 17.6 Å². The smallest absolute Gasteiger partial charge is 0.243 e. The van der Waals surface area contributed by atoms with Gasteiger partial charge in [-0.1, -0.05) is 30.9 Å². The summed E-state index contributed by atoms with van der Waals surface area (Å²) in [7, 11) is -3.93. The number of fused-ring (bicyclic) bond motifs is 1. The predicted octanol–water partition coefficient (Wildman–Crippen LogP) is 4.42. The van der Waals surface area contributed by atoms with Gasteiger partial charge in [0.1, 0.15) is 23.3 Å². The fourth-order valence-electron chi connectivity index (χ4n) is 4.42. The van der Waals surface area contributed by atoms with E-state index in [4.69, 9.17) is 0 Å². The average molecular weight is 456 g/mol. The van der Waals surface area contributed by atoms with Crippen LogP contribution in [0.4, 0.5) is 4.39 Å². The van der Waals surface area contributed by atoms with E-state index in [1.807, 2.05) is 25.1 Å². The van der Waals surface area contributed by atoms with Crippen molar-refractivity contribution in [2.45, 2.75) is 62.9 Å². The van der Waals surface area contributed by atoms with Crippen molar-refractivity contribution >= 4 is 20.9 Å². The van der Waals surface area contributed by atoms with Crippen LogP contribution < -0.4 is 4.72 Å². The maximum Gasteiger partial charge on any atom is 0.243 e. The summed E-state index contributed by atoms with van der Waals surface area (Å²) in [6, 6.07) is 7.77. The lowest BCUT2D eigenvalue weighted by atomic mass is 9.95. The highest BCUT2D eigenvalue weighted by Gasteiger charge is 2.27. The third-order valence-corrected chi connectivity index (χ3v) is 7.49. The Hall–Kier alpha value is -2.83. The first-order chi connectivity index (χ1) is 15.4. The van der Waals surface area contributed by atoms with E-state index in [9.17, 15) is 18.1 Å². The Kier molecular flexibility index (Phi) is 6.26. The fourth-order valence-corrected chi connectivity index (χ4v) is 5.53. The molecule has 0 radical (unpaired) electrons. The molecule has 1 fully saturated rings. The summed E-state index contributed by atoms with van der Waals surface area (Å²) >= 11 is 0. The molecule has 1 saturated carbocycles. The van der Waals surface area contributed by atoms with Gasteiger partial charge in [-0.05, 0) is 38.8 Å². The minimum Gasteiger partial charge on any atom is -0.334 e. The van der Waals surface area contributed by atoms with Gasteiger partial charge in [-0.15, -0.1) is 0 Å². The van der Waals surface area contributed by atoms with Crippen LogP contribution in [0.15, 0.2) is 35.5 Å². The third-order valence-electron chi connectivity index (χ3n) is 5.95. The summed E-state index contributed by atoms with van der Waals surface area (Å²) in [6.45, 7) is 2.61. The minimum absolute atomic E-state index is 0.142. The lowest BCUT2D eigenvalue weighted by Gasteiger charge is -2.26. The molecule has 1 N–H and O–H groups in total. The molecular weight excluding hydrogens is 429 g/mol. The largest absolute Gasteiger partial charge is 0.334 e. The molecule has 168 valence electrons. The van der Waals surface area contributed by atoms with Crippen LogP contribution >= 0.6 is 0 Å². The lowest BCUT2D eigenvalue weighted by Crippen LogP contribution is -2.34. The first-order valence-corrected chi connectivity index (χ1v) is 12.3. The molecule has 32 heavy (non-hydrogen) atoms. The van der Waals surface area contributed by atoms with Gasteiger partial charge in [0.2, 0.25) is 10.0 Å². The molecule has 1 aliphatic rings. The van der Waals surface area contributed by atoms with E-state index in [-0.39, 0.29) is 10.9 Å². The Morgan fingerprint density at radius 2 is 1.94 bits per heavy atom. The van der Waals surface area contributed by atoms with Gasteiger partial charge in [-0.25, -0.2) is 27.5 Å². The van der Waals surface area contributed by atoms with E-state index >= 15 is 0 Å². The quantitative estimate of drug-likeness (QED) is 0.593. The van der Waals surface area contributed by atoms with Crippen LogP contribution in [0.2, 0.25) is 0 Å². The second-order valence-electron chi connectivity index (χ2n) is 8.44. The lowest BCUT2D eigenvalue weighted by molar-refractivity contribution is 0.362. The van der Waals surface area contributed by atoms with E-state index in [2.05, 4.69) is 25.3 Å². The van der Waals surface area contributed by atoms with Gasteiger partial charge in [0.25, 0.3) is 0 Å². The second-order valence-corrected chi connectivity index (χ2v) is 10.2. The van der Waals surface area contributed by atoms with Gasteiger partial charge >= 0.3 is 0 Å². The number of nitrogens with one attached hydrogen (secondary N) is 1. The monoisotopic (exact) mass is 455 g/mol. The number of halogens is 1. The van der Waals surface area contributed by atoms with Gasteiger partial charge in [-0.3, -0.25) is 0 Å². The number of alkyl halides is 1. The molecule has 9 heteroatoms. The topological polar surface area (TPSA) is 101 Å². The molecular formula is C23H26FN5O2S. The first kappa shape index (κ1) is 22.4. The van der Waals surface area contributed by atoms with Gasteiger partial charge in [0.15, 0.2) is 5.82 Å². The van der Waals surface area contributed by atoms with Crippen LogP contribution in [0, 0.1) is 18.3 Å². The number of hydrogen-bond acceptors (Lipinski definition) is 5. The molecule has 4 rings (SSSR count). The molecule has 7 nitrogen and oxygen atoms in total. The molecule has 2 aromatic heterocycles. The molecule has 0 bridgehead atoms. The van der Waals surface area contributed by atoms with Crippen molar-refractivity contribution in [2.75, 3.05) is 6.67 Å². The van der Waals surface area contributed by atoms with Gasteiger partial charge in [-0.2, -0.15) is 5.26 Å². The van der Waals surface area contributed by atoms with Crippen LogP contribution in [0.25, 0.3) is 22.4 Å². The predicted molar refractivity (Wildman–Crippen MR) is 120 cm³/mol. The van der Waals surface area contributed by atoms with Crippen molar-refractivity contribution in [1.29, 1.82) is 5.26 Å². The zero-order valence-corrected chi connectivity index (χ0v) is 19.0. The normalized spacial score (nSPS) is 16.2. The number of hydrogen-bond donors (Lipinski definition) is 1. The van der Waals surface area contributed by atoms with E-state index in [1.54, 1.807) is 0 Å². The highest BCUT2D eigenvalue weighted by Crippen LogP contribution is 2.39. The van der Waals surface area contributed by atoms with Crippen molar-refractivity contribution in [3.63, 3.8) is 0 Å². The van der Waals surface area contributed by atoms with E-state index in [0.717, 1.165) is 42.1 Å². The molecule has 0 amide bonds. The SMILES string of the molecule is Cc1ccc2c(c1)c(C#N)c(-c1ncc(S(=O)(=O)N[C@@H](C)CF)cn1)n2C1CCCCC1. The van der Waals surface area contributed by atoms with Gasteiger partial charge in [0, 0.05) is 17.5 Å². The molecule has 2 heterocycles. The highest BCUT2D eigenvalue weighted by molar-refractivity contribution is 7.89. The summed E-state index contributed by atoms with van der Waals surface area (Å²) < 4.78 is 42.1. The Morgan fingerprint density at radius 3 is 2.56 bits per heavy atom. The second kappa shape index (κ2) is 8.96. The van der Waals surface area contributed by atoms with Crippen LogP contribution in [0.3, 0.4) is 0 Å². The Labute approximate surface area is 187 Å². The summed E-state index contributed by atoms with van der Waals surface area (Å²) in [4.78, 5) is 8.53. The Bertz CT molecular complexity index is 1270. The van der Waals surface area contributed by atoms with Crippen molar-refractivity contribution in [2.24, 2.45) is 0 Å². The summed E-state index contributed by atoms with van der Waals surface area (Å²) in [5, 5.41) is 10.9. The number of benzene rings is 1. The molecule has 3 aromatic rings.